The number of carbonyl (C=O) groups excluding carboxylic acids is 1. The predicted molar refractivity (Wildman–Crippen MR) is 88.8 cm³/mol. The molecule has 1 amide bonds. The molecule has 1 rings (SSSR count). The van der Waals surface area contributed by atoms with Crippen LogP contribution in [0.2, 0.25) is 0 Å². The highest BCUT2D eigenvalue weighted by atomic mass is 32.2. The average Bonchev–Trinajstić information content (AvgIpc) is 2.56. The fourth-order valence-corrected chi connectivity index (χ4v) is 3.92. The first kappa shape index (κ1) is 18.1. The molecule has 0 aliphatic heterocycles. The Morgan fingerprint density at radius 3 is 2.33 bits per heavy atom. The quantitative estimate of drug-likeness (QED) is 0.292. The first-order valence-electron chi connectivity index (χ1n) is 7.81. The van der Waals surface area contributed by atoms with Crippen molar-refractivity contribution in [1.29, 1.82) is 0 Å². The van der Waals surface area contributed by atoms with E-state index >= 15 is 0 Å². The number of hydrogen-bond donors (Lipinski definition) is 3. The van der Waals surface area contributed by atoms with Gasteiger partial charge in [0.25, 0.3) is 0 Å². The summed E-state index contributed by atoms with van der Waals surface area (Å²) in [4.78, 5) is 12.7. The van der Waals surface area contributed by atoms with Crippen LogP contribution in [0.25, 0.3) is 0 Å². The van der Waals surface area contributed by atoms with Crippen LogP contribution in [0.5, 0.6) is 0 Å². The first-order valence-corrected chi connectivity index (χ1v) is 9.04. The summed E-state index contributed by atoms with van der Waals surface area (Å²) in [5.74, 6) is -0.0275. The average molecular weight is 315 g/mol. The monoisotopic (exact) mass is 315 g/mol. The van der Waals surface area contributed by atoms with Crippen LogP contribution in [0.4, 0.5) is 0 Å². The van der Waals surface area contributed by atoms with Crippen molar-refractivity contribution in [3.8, 4) is 0 Å². The summed E-state index contributed by atoms with van der Waals surface area (Å²) in [6, 6.07) is 0. The molecule has 0 radical (unpaired) electrons. The van der Waals surface area contributed by atoms with Crippen molar-refractivity contribution in [1.82, 2.24) is 5.32 Å². The first-order chi connectivity index (χ1) is 10.00. The number of nitrogens with one attached hydrogen (secondary N) is 1. The Morgan fingerprint density at radius 2 is 1.90 bits per heavy atom. The van der Waals surface area contributed by atoms with Gasteiger partial charge in [0, 0.05) is 11.3 Å². The van der Waals surface area contributed by atoms with Crippen LogP contribution >= 0.6 is 11.8 Å². The summed E-state index contributed by atoms with van der Waals surface area (Å²) < 4.78 is 0.0661. The molecule has 21 heavy (non-hydrogen) atoms. The van der Waals surface area contributed by atoms with Crippen molar-refractivity contribution in [2.45, 2.75) is 63.5 Å². The summed E-state index contributed by atoms with van der Waals surface area (Å²) in [6.07, 6.45) is 8.41. The zero-order valence-corrected chi connectivity index (χ0v) is 14.3. The van der Waals surface area contributed by atoms with Gasteiger partial charge < -0.3 is 16.3 Å². The van der Waals surface area contributed by atoms with E-state index in [4.69, 9.17) is 10.9 Å². The lowest BCUT2D eigenvalue weighted by Crippen LogP contribution is -2.53. The summed E-state index contributed by atoms with van der Waals surface area (Å²) in [5.41, 5.74) is 5.03. The zero-order chi connectivity index (χ0) is 15.9. The highest BCUT2D eigenvalue weighted by molar-refractivity contribution is 8.00. The molecule has 1 aliphatic rings. The van der Waals surface area contributed by atoms with Gasteiger partial charge in [-0.05, 0) is 31.9 Å². The van der Waals surface area contributed by atoms with E-state index in [2.05, 4.69) is 30.6 Å². The standard InChI is InChI=1S/C15H29N3O2S/c1-4-14(5-2,21-3)11-17-13(19)15(12(16)18-20)9-7-6-8-10-15/h20H,4-11H2,1-3H3,(H2,16,18)(H,17,19). The van der Waals surface area contributed by atoms with Crippen LogP contribution in [0.15, 0.2) is 5.16 Å². The van der Waals surface area contributed by atoms with E-state index in [0.29, 0.717) is 19.4 Å². The third kappa shape index (κ3) is 3.84. The molecule has 1 fully saturated rings. The van der Waals surface area contributed by atoms with Crippen molar-refractivity contribution in [2.24, 2.45) is 16.3 Å². The molecule has 5 nitrogen and oxygen atoms in total. The molecule has 4 N–H and O–H groups in total. The van der Waals surface area contributed by atoms with E-state index in [9.17, 15) is 4.79 Å². The van der Waals surface area contributed by atoms with Crippen molar-refractivity contribution >= 4 is 23.5 Å². The molecule has 6 heteroatoms. The zero-order valence-electron chi connectivity index (χ0n) is 13.4. The van der Waals surface area contributed by atoms with Crippen molar-refractivity contribution in [2.75, 3.05) is 12.8 Å². The summed E-state index contributed by atoms with van der Waals surface area (Å²) in [5, 5.41) is 15.3. The number of nitrogens with zero attached hydrogens (tertiary/aromatic N) is 1. The number of amides is 1. The minimum atomic E-state index is -0.821. The van der Waals surface area contributed by atoms with Crippen LogP contribution in [-0.4, -0.2) is 34.5 Å². The number of nitrogens with two attached hydrogens (primary N) is 1. The van der Waals surface area contributed by atoms with E-state index in [1.807, 2.05) is 0 Å². The molecule has 0 heterocycles. The molecule has 0 aromatic heterocycles. The van der Waals surface area contributed by atoms with Gasteiger partial charge in [-0.25, -0.2) is 0 Å². The van der Waals surface area contributed by atoms with E-state index in [-0.39, 0.29) is 16.5 Å². The molecule has 0 aromatic carbocycles. The van der Waals surface area contributed by atoms with Crippen LogP contribution < -0.4 is 11.1 Å². The van der Waals surface area contributed by atoms with Crippen LogP contribution in [0, 0.1) is 5.41 Å². The Bertz CT molecular complexity index is 367. The molecular weight excluding hydrogens is 286 g/mol. The molecule has 0 saturated heterocycles. The molecular formula is C15H29N3O2S. The highest BCUT2D eigenvalue weighted by Gasteiger charge is 2.44. The Labute approximate surface area is 132 Å². The fourth-order valence-electron chi connectivity index (χ4n) is 3.12. The van der Waals surface area contributed by atoms with Crippen LogP contribution in [0.1, 0.15) is 58.8 Å². The smallest absolute Gasteiger partial charge is 0.234 e. The van der Waals surface area contributed by atoms with Gasteiger partial charge in [0.15, 0.2) is 5.84 Å². The van der Waals surface area contributed by atoms with Crippen molar-refractivity contribution in [3.05, 3.63) is 0 Å². The van der Waals surface area contributed by atoms with E-state index < -0.39 is 5.41 Å². The van der Waals surface area contributed by atoms with Gasteiger partial charge in [0.2, 0.25) is 5.91 Å². The molecule has 0 spiro atoms. The van der Waals surface area contributed by atoms with Crippen LogP contribution in [-0.2, 0) is 4.79 Å². The second kappa shape index (κ2) is 7.92. The lowest BCUT2D eigenvalue weighted by Gasteiger charge is -2.36. The molecule has 0 aromatic rings. The number of carbonyl (C=O) groups is 1. The Hall–Kier alpha value is -0.910. The molecule has 1 aliphatic carbocycles. The predicted octanol–water partition coefficient (Wildman–Crippen LogP) is 2.72. The summed E-state index contributed by atoms with van der Waals surface area (Å²) in [6.45, 7) is 4.92. The number of oxime groups is 1. The van der Waals surface area contributed by atoms with Gasteiger partial charge in [-0.15, -0.1) is 0 Å². The molecule has 122 valence electrons. The molecule has 0 atom stereocenters. The maximum atomic E-state index is 12.7. The van der Waals surface area contributed by atoms with Crippen molar-refractivity contribution < 1.29 is 10.0 Å². The normalized spacial score (nSPS) is 19.3. The van der Waals surface area contributed by atoms with Crippen molar-refractivity contribution in [3.63, 3.8) is 0 Å². The maximum absolute atomic E-state index is 12.7. The minimum absolute atomic E-state index is 0.0578. The largest absolute Gasteiger partial charge is 0.409 e. The minimum Gasteiger partial charge on any atom is -0.409 e. The summed E-state index contributed by atoms with van der Waals surface area (Å²) in [7, 11) is 0. The van der Waals surface area contributed by atoms with Crippen LogP contribution in [0.3, 0.4) is 0 Å². The lowest BCUT2D eigenvalue weighted by atomic mass is 9.72. The SMILES string of the molecule is CCC(CC)(CNC(=O)C1(C(N)=NO)CCCCC1)SC. The third-order valence-corrected chi connectivity index (χ3v) is 6.62. The van der Waals surface area contributed by atoms with E-state index in [0.717, 1.165) is 32.1 Å². The molecule has 0 unspecified atom stereocenters. The van der Waals surface area contributed by atoms with Gasteiger partial charge >= 0.3 is 0 Å². The van der Waals surface area contributed by atoms with E-state index in [1.54, 1.807) is 11.8 Å². The van der Waals surface area contributed by atoms with Gasteiger partial charge in [-0.2, -0.15) is 11.8 Å². The number of thioether (sulfide) groups is 1. The summed E-state index contributed by atoms with van der Waals surface area (Å²) >= 11 is 1.79. The van der Waals surface area contributed by atoms with Gasteiger partial charge in [-0.3, -0.25) is 4.79 Å². The topological polar surface area (TPSA) is 87.7 Å². The Morgan fingerprint density at radius 1 is 1.33 bits per heavy atom. The Kier molecular flexibility index (Phi) is 6.84. The second-order valence-corrected chi connectivity index (χ2v) is 7.18. The fraction of sp³-hybridized carbons (Fsp3) is 0.867. The van der Waals surface area contributed by atoms with Gasteiger partial charge in [-0.1, -0.05) is 38.3 Å². The second-order valence-electron chi connectivity index (χ2n) is 5.90. The third-order valence-electron chi connectivity index (χ3n) is 5.03. The molecule has 0 bridgehead atoms. The van der Waals surface area contributed by atoms with Gasteiger partial charge in [0.05, 0.1) is 0 Å². The highest BCUT2D eigenvalue weighted by Crippen LogP contribution is 2.37. The number of amidine groups is 1. The van der Waals surface area contributed by atoms with E-state index in [1.165, 1.54) is 0 Å². The maximum Gasteiger partial charge on any atom is 0.234 e. The number of hydrogen-bond acceptors (Lipinski definition) is 4. The number of rotatable bonds is 7. The lowest BCUT2D eigenvalue weighted by molar-refractivity contribution is -0.129. The Balaban J connectivity index is 2.83. The van der Waals surface area contributed by atoms with Gasteiger partial charge in [0.1, 0.15) is 5.41 Å². The molecule has 1 saturated carbocycles.